The van der Waals surface area contributed by atoms with Crippen molar-refractivity contribution in [3.8, 4) is 0 Å². The molecule has 0 aliphatic rings. The number of nitrogens with one attached hydrogen (secondary N) is 2. The fourth-order valence-electron chi connectivity index (χ4n) is 1.26. The zero-order chi connectivity index (χ0) is 14.8. The van der Waals surface area contributed by atoms with E-state index in [0.29, 0.717) is 13.0 Å². The molecule has 0 radical (unpaired) electrons. The molecule has 0 aliphatic carbocycles. The Kier molecular flexibility index (Phi) is 9.15. The molecule has 2 amide bonds. The fourth-order valence-corrected chi connectivity index (χ4v) is 1.71. The molecule has 0 aromatic heterocycles. The third-order valence-electron chi connectivity index (χ3n) is 2.62. The lowest BCUT2D eigenvalue weighted by Crippen LogP contribution is -2.47. The smallest absolute Gasteiger partial charge is 0.326 e. The second-order valence-corrected chi connectivity index (χ2v) is 5.97. The van der Waals surface area contributed by atoms with E-state index in [0.717, 1.165) is 0 Å². The van der Waals surface area contributed by atoms with Crippen molar-refractivity contribution in [2.24, 2.45) is 0 Å². The van der Waals surface area contributed by atoms with Gasteiger partial charge in [0, 0.05) is 49.0 Å². The van der Waals surface area contributed by atoms with Crippen LogP contribution in [-0.4, -0.2) is 59.1 Å². The van der Waals surface area contributed by atoms with Gasteiger partial charge in [-0.2, -0.15) is 0 Å². The Morgan fingerprint density at radius 1 is 1.37 bits per heavy atom. The topological polar surface area (TPSA) is 105 Å². The normalized spacial score (nSPS) is 15.3. The van der Waals surface area contributed by atoms with Gasteiger partial charge in [0.1, 0.15) is 6.04 Å². The van der Waals surface area contributed by atoms with Crippen molar-refractivity contribution in [2.45, 2.75) is 31.1 Å². The van der Waals surface area contributed by atoms with Crippen LogP contribution in [0.5, 0.6) is 0 Å². The third-order valence-corrected chi connectivity index (χ3v) is 3.99. The third kappa shape index (κ3) is 8.55. The van der Waals surface area contributed by atoms with E-state index in [4.69, 9.17) is 9.84 Å². The Bertz CT molecular complexity index is 324. The van der Waals surface area contributed by atoms with Crippen molar-refractivity contribution >= 4 is 22.8 Å². The summed E-state index contributed by atoms with van der Waals surface area (Å²) in [5.74, 6) is -1.10. The zero-order valence-electron chi connectivity index (χ0n) is 11.5. The minimum Gasteiger partial charge on any atom is -0.480 e. The summed E-state index contributed by atoms with van der Waals surface area (Å²) in [5, 5.41) is 13.8. The van der Waals surface area contributed by atoms with E-state index in [9.17, 15) is 13.8 Å². The number of hydrogen-bond donors (Lipinski definition) is 3. The molecule has 0 bridgehead atoms. The number of carbonyl (C=O) groups is 2. The first kappa shape index (κ1) is 17.8. The van der Waals surface area contributed by atoms with Gasteiger partial charge in [0.15, 0.2) is 0 Å². The van der Waals surface area contributed by atoms with Gasteiger partial charge in [-0.1, -0.05) is 6.92 Å². The molecule has 19 heavy (non-hydrogen) atoms. The minimum atomic E-state index is -1.10. The molecule has 0 saturated heterocycles. The zero-order valence-corrected chi connectivity index (χ0v) is 12.3. The summed E-state index contributed by atoms with van der Waals surface area (Å²) >= 11 is 0. The molecule has 0 aromatic rings. The largest absolute Gasteiger partial charge is 0.480 e. The molecule has 7 nitrogen and oxygen atoms in total. The van der Waals surface area contributed by atoms with Crippen molar-refractivity contribution in [2.75, 3.05) is 26.5 Å². The molecule has 0 heterocycles. The van der Waals surface area contributed by atoms with Gasteiger partial charge in [-0.15, -0.1) is 0 Å². The van der Waals surface area contributed by atoms with E-state index >= 15 is 0 Å². The van der Waals surface area contributed by atoms with E-state index in [-0.39, 0.29) is 18.3 Å². The average molecular weight is 294 g/mol. The average Bonchev–Trinajstić information content (AvgIpc) is 2.33. The first-order chi connectivity index (χ1) is 8.88. The van der Waals surface area contributed by atoms with Gasteiger partial charge in [0.25, 0.3) is 0 Å². The molecule has 112 valence electrons. The van der Waals surface area contributed by atoms with Crippen LogP contribution in [0.1, 0.15) is 19.8 Å². The van der Waals surface area contributed by atoms with E-state index in [1.54, 1.807) is 6.26 Å². The van der Waals surface area contributed by atoms with Crippen molar-refractivity contribution in [1.29, 1.82) is 0 Å². The van der Waals surface area contributed by atoms with E-state index < -0.39 is 28.8 Å². The number of rotatable bonds is 9. The number of methoxy groups -OCH3 is 1. The molecule has 0 rings (SSSR count). The van der Waals surface area contributed by atoms with Gasteiger partial charge >= 0.3 is 12.0 Å². The molecule has 0 fully saturated rings. The van der Waals surface area contributed by atoms with Gasteiger partial charge < -0.3 is 20.5 Å². The molecule has 0 aliphatic heterocycles. The standard InChI is InChI=1S/C11H22N2O5S/c1-8(19(3)17)4-6-12-11(16)13-9(10(14)15)5-7-18-2/h8-9H,4-7H2,1-3H3,(H,14,15)(H2,12,13,16). The quantitative estimate of drug-likeness (QED) is 0.552. The number of aliphatic carboxylic acids is 1. The second-order valence-electron chi connectivity index (χ2n) is 4.17. The first-order valence-corrected chi connectivity index (χ1v) is 7.59. The number of hydrogen-bond acceptors (Lipinski definition) is 4. The van der Waals surface area contributed by atoms with Crippen molar-refractivity contribution in [1.82, 2.24) is 10.6 Å². The molecule has 3 N–H and O–H groups in total. The van der Waals surface area contributed by atoms with Gasteiger partial charge in [-0.3, -0.25) is 4.21 Å². The summed E-state index contributed by atoms with van der Waals surface area (Å²) in [5.41, 5.74) is 0. The van der Waals surface area contributed by atoms with Gasteiger partial charge in [-0.25, -0.2) is 9.59 Å². The molecule has 0 aromatic carbocycles. The molecular formula is C11H22N2O5S. The van der Waals surface area contributed by atoms with Crippen LogP contribution in [0.4, 0.5) is 4.79 Å². The number of carbonyl (C=O) groups excluding carboxylic acids is 1. The van der Waals surface area contributed by atoms with E-state index in [2.05, 4.69) is 10.6 Å². The lowest BCUT2D eigenvalue weighted by molar-refractivity contribution is -0.139. The highest BCUT2D eigenvalue weighted by molar-refractivity contribution is 7.84. The Morgan fingerprint density at radius 3 is 2.47 bits per heavy atom. The number of amides is 2. The lowest BCUT2D eigenvalue weighted by Gasteiger charge is -2.15. The summed E-state index contributed by atoms with van der Waals surface area (Å²) in [6.07, 6.45) is 2.39. The van der Waals surface area contributed by atoms with Crippen LogP contribution in [0, 0.1) is 0 Å². The Hall–Kier alpha value is -1.15. The summed E-state index contributed by atoms with van der Waals surface area (Å²) in [6, 6.07) is -1.52. The molecule has 3 unspecified atom stereocenters. The highest BCUT2D eigenvalue weighted by atomic mass is 32.2. The molecule has 8 heteroatoms. The Labute approximate surface area is 115 Å². The summed E-state index contributed by atoms with van der Waals surface area (Å²) in [6.45, 7) is 2.43. The van der Waals surface area contributed by atoms with E-state index in [1.165, 1.54) is 7.11 Å². The summed E-state index contributed by atoms with van der Waals surface area (Å²) < 4.78 is 15.9. The van der Waals surface area contributed by atoms with Crippen LogP contribution >= 0.6 is 0 Å². The van der Waals surface area contributed by atoms with Crippen LogP contribution in [0.3, 0.4) is 0 Å². The van der Waals surface area contributed by atoms with Crippen LogP contribution in [0.15, 0.2) is 0 Å². The maximum absolute atomic E-state index is 11.5. The van der Waals surface area contributed by atoms with Crippen molar-refractivity contribution in [3.63, 3.8) is 0 Å². The van der Waals surface area contributed by atoms with Crippen molar-refractivity contribution < 1.29 is 23.6 Å². The summed E-state index contributed by atoms with van der Waals surface area (Å²) in [7, 11) is 0.534. The van der Waals surface area contributed by atoms with Crippen LogP contribution in [0.2, 0.25) is 0 Å². The van der Waals surface area contributed by atoms with Gasteiger partial charge in [-0.05, 0) is 6.42 Å². The van der Waals surface area contributed by atoms with Gasteiger partial charge in [0.2, 0.25) is 0 Å². The molecule has 0 saturated carbocycles. The molecule has 0 spiro atoms. The summed E-state index contributed by atoms with van der Waals surface area (Å²) in [4.78, 5) is 22.3. The number of carboxylic acid groups (broad SMARTS) is 1. The van der Waals surface area contributed by atoms with Crippen LogP contribution in [0.25, 0.3) is 0 Å². The highest BCUT2D eigenvalue weighted by Gasteiger charge is 2.19. The monoisotopic (exact) mass is 294 g/mol. The number of ether oxygens (including phenoxy) is 1. The first-order valence-electron chi connectivity index (χ1n) is 5.96. The maximum atomic E-state index is 11.5. The number of carboxylic acids is 1. The highest BCUT2D eigenvalue weighted by Crippen LogP contribution is 1.97. The number of urea groups is 1. The van der Waals surface area contributed by atoms with Crippen LogP contribution < -0.4 is 10.6 Å². The fraction of sp³-hybridized carbons (Fsp3) is 0.818. The molecular weight excluding hydrogens is 272 g/mol. The minimum absolute atomic E-state index is 0.0101. The predicted molar refractivity (Wildman–Crippen MR) is 72.6 cm³/mol. The van der Waals surface area contributed by atoms with Gasteiger partial charge in [0.05, 0.1) is 0 Å². The van der Waals surface area contributed by atoms with E-state index in [1.807, 2.05) is 6.92 Å². The second kappa shape index (κ2) is 9.74. The maximum Gasteiger partial charge on any atom is 0.326 e. The molecule has 3 atom stereocenters. The predicted octanol–water partition coefficient (Wildman–Crippen LogP) is -0.0676. The Morgan fingerprint density at radius 2 is 2.00 bits per heavy atom. The van der Waals surface area contributed by atoms with Crippen molar-refractivity contribution in [3.05, 3.63) is 0 Å². The lowest BCUT2D eigenvalue weighted by atomic mass is 10.2. The van der Waals surface area contributed by atoms with Crippen LogP contribution in [-0.2, 0) is 20.3 Å². The SMILES string of the molecule is COCCC(NC(=O)NCCC(C)S(C)=O)C(=O)O. The Balaban J connectivity index is 3.99.